The minimum atomic E-state index is 0.428. The van der Waals surface area contributed by atoms with Crippen LogP contribution in [-0.4, -0.2) is 19.7 Å². The van der Waals surface area contributed by atoms with Gasteiger partial charge in [0.1, 0.15) is 5.15 Å². The first kappa shape index (κ1) is 12.8. The Morgan fingerprint density at radius 2 is 1.95 bits per heavy atom. The minimum absolute atomic E-state index is 0.428. The first-order valence-electron chi connectivity index (χ1n) is 6.23. The van der Waals surface area contributed by atoms with Crippen molar-refractivity contribution >= 4 is 11.6 Å². The van der Waals surface area contributed by atoms with Crippen molar-refractivity contribution in [2.45, 2.75) is 6.92 Å². The average molecular weight is 285 g/mol. The van der Waals surface area contributed by atoms with E-state index in [-0.39, 0.29) is 0 Å². The Morgan fingerprint density at radius 1 is 1.15 bits per heavy atom. The summed E-state index contributed by atoms with van der Waals surface area (Å²) in [6, 6.07) is 9.74. The largest absolute Gasteiger partial charge is 0.275 e. The average Bonchev–Trinajstić information content (AvgIpc) is 2.85. The molecule has 0 saturated carbocycles. The Kier molecular flexibility index (Phi) is 3.24. The van der Waals surface area contributed by atoms with Gasteiger partial charge in [0.2, 0.25) is 0 Å². The van der Waals surface area contributed by atoms with Gasteiger partial charge in [-0.1, -0.05) is 35.9 Å². The monoisotopic (exact) mass is 284 g/mol. The van der Waals surface area contributed by atoms with Gasteiger partial charge >= 0.3 is 0 Å². The van der Waals surface area contributed by atoms with Crippen molar-refractivity contribution in [3.8, 4) is 22.6 Å². The Morgan fingerprint density at radius 3 is 2.65 bits per heavy atom. The van der Waals surface area contributed by atoms with E-state index in [9.17, 15) is 0 Å². The fourth-order valence-electron chi connectivity index (χ4n) is 2.06. The molecule has 20 heavy (non-hydrogen) atoms. The lowest BCUT2D eigenvalue weighted by Gasteiger charge is -2.06. The Balaban J connectivity index is 2.14. The fourth-order valence-corrected chi connectivity index (χ4v) is 2.25. The van der Waals surface area contributed by atoms with Crippen LogP contribution in [0, 0.1) is 6.92 Å². The molecule has 1 aromatic carbocycles. The van der Waals surface area contributed by atoms with Crippen LogP contribution in [0.4, 0.5) is 0 Å². The first-order valence-corrected chi connectivity index (χ1v) is 6.61. The summed E-state index contributed by atoms with van der Waals surface area (Å²) in [6.45, 7) is 2.03. The maximum atomic E-state index is 6.13. The quantitative estimate of drug-likeness (QED) is 0.677. The van der Waals surface area contributed by atoms with E-state index in [0.29, 0.717) is 11.0 Å². The number of halogens is 1. The third-order valence-electron chi connectivity index (χ3n) is 3.08. The molecule has 0 saturated heterocycles. The molecule has 0 fully saturated rings. The zero-order valence-electron chi connectivity index (χ0n) is 11.2. The third-order valence-corrected chi connectivity index (χ3v) is 3.28. The Bertz CT molecular complexity index is 764. The van der Waals surface area contributed by atoms with Crippen LogP contribution in [-0.2, 0) is 7.05 Å². The van der Waals surface area contributed by atoms with Crippen LogP contribution < -0.4 is 0 Å². The maximum absolute atomic E-state index is 6.13. The molecule has 0 aliphatic heterocycles. The second-order valence-electron chi connectivity index (χ2n) is 4.62. The second-order valence-corrected chi connectivity index (χ2v) is 5.00. The lowest BCUT2D eigenvalue weighted by molar-refractivity contribution is 0.768. The predicted molar refractivity (Wildman–Crippen MR) is 79.4 cm³/mol. The van der Waals surface area contributed by atoms with Crippen LogP contribution in [0.2, 0.25) is 5.15 Å². The van der Waals surface area contributed by atoms with Crippen molar-refractivity contribution in [2.24, 2.45) is 7.05 Å². The van der Waals surface area contributed by atoms with Gasteiger partial charge < -0.3 is 0 Å². The van der Waals surface area contributed by atoms with Crippen LogP contribution in [0.25, 0.3) is 22.6 Å². The molecule has 0 unspecified atom stereocenters. The molecule has 100 valence electrons. The van der Waals surface area contributed by atoms with E-state index in [1.807, 2.05) is 44.4 Å². The highest BCUT2D eigenvalue weighted by Gasteiger charge is 2.10. The number of aryl methyl sites for hydroxylation is 2. The molecule has 2 aromatic heterocycles. The fraction of sp³-hybridized carbons (Fsp3) is 0.133. The number of aromatic nitrogens is 4. The van der Waals surface area contributed by atoms with E-state index < -0.39 is 0 Å². The summed E-state index contributed by atoms with van der Waals surface area (Å²) >= 11 is 6.13. The van der Waals surface area contributed by atoms with E-state index >= 15 is 0 Å². The summed E-state index contributed by atoms with van der Waals surface area (Å²) in [5.41, 5.74) is 3.80. The molecule has 0 bridgehead atoms. The summed E-state index contributed by atoms with van der Waals surface area (Å²) in [6.07, 6.45) is 3.67. The minimum Gasteiger partial charge on any atom is -0.275 e. The van der Waals surface area contributed by atoms with Crippen molar-refractivity contribution in [1.82, 2.24) is 19.7 Å². The van der Waals surface area contributed by atoms with Crippen LogP contribution >= 0.6 is 11.6 Å². The molecule has 2 heterocycles. The van der Waals surface area contributed by atoms with Gasteiger partial charge in [0, 0.05) is 30.4 Å². The highest BCUT2D eigenvalue weighted by molar-refractivity contribution is 6.29. The molecule has 0 amide bonds. The summed E-state index contributed by atoms with van der Waals surface area (Å²) < 4.78 is 1.73. The van der Waals surface area contributed by atoms with Gasteiger partial charge in [-0.2, -0.15) is 5.10 Å². The number of rotatable bonds is 2. The molecule has 4 nitrogen and oxygen atoms in total. The van der Waals surface area contributed by atoms with Crippen molar-refractivity contribution in [3.05, 3.63) is 53.4 Å². The van der Waals surface area contributed by atoms with Gasteiger partial charge in [0.15, 0.2) is 5.82 Å². The Hall–Kier alpha value is -2.20. The van der Waals surface area contributed by atoms with Crippen LogP contribution in [0.15, 0.2) is 42.7 Å². The highest BCUT2D eigenvalue weighted by atomic mass is 35.5. The zero-order valence-corrected chi connectivity index (χ0v) is 12.0. The van der Waals surface area contributed by atoms with E-state index in [2.05, 4.69) is 15.1 Å². The Labute approximate surface area is 122 Å². The standard InChI is InChI=1S/C15H13ClN4/c1-10-5-3-4-6-12(10)15-18-13(7-14(16)19-15)11-8-17-20(2)9-11/h3-9H,1-2H3. The first-order chi connectivity index (χ1) is 9.63. The molecular formula is C15H13ClN4. The summed E-state index contributed by atoms with van der Waals surface area (Å²) in [7, 11) is 1.87. The maximum Gasteiger partial charge on any atom is 0.161 e. The number of nitrogens with zero attached hydrogens (tertiary/aromatic N) is 4. The molecule has 0 aliphatic rings. The topological polar surface area (TPSA) is 43.6 Å². The third kappa shape index (κ3) is 2.42. The van der Waals surface area contributed by atoms with Gasteiger partial charge in [-0.3, -0.25) is 4.68 Å². The normalized spacial score (nSPS) is 10.8. The molecule has 0 radical (unpaired) electrons. The highest BCUT2D eigenvalue weighted by Crippen LogP contribution is 2.25. The molecule has 3 rings (SSSR count). The summed E-state index contributed by atoms with van der Waals surface area (Å²) in [5, 5.41) is 4.58. The number of hydrogen-bond acceptors (Lipinski definition) is 3. The van der Waals surface area contributed by atoms with Gasteiger partial charge in [0.05, 0.1) is 11.9 Å². The van der Waals surface area contributed by atoms with Crippen molar-refractivity contribution in [1.29, 1.82) is 0 Å². The van der Waals surface area contributed by atoms with E-state index in [4.69, 9.17) is 11.6 Å². The molecule has 0 aliphatic carbocycles. The lowest BCUT2D eigenvalue weighted by atomic mass is 10.1. The lowest BCUT2D eigenvalue weighted by Crippen LogP contribution is -1.94. The predicted octanol–water partition coefficient (Wildman–Crippen LogP) is 3.51. The van der Waals surface area contributed by atoms with Crippen LogP contribution in [0.1, 0.15) is 5.56 Å². The number of hydrogen-bond donors (Lipinski definition) is 0. The molecule has 0 N–H and O–H groups in total. The second kappa shape index (κ2) is 5.06. The van der Waals surface area contributed by atoms with E-state index in [1.54, 1.807) is 16.9 Å². The van der Waals surface area contributed by atoms with Crippen LogP contribution in [0.3, 0.4) is 0 Å². The molecular weight excluding hydrogens is 272 g/mol. The van der Waals surface area contributed by atoms with Gasteiger partial charge in [-0.25, -0.2) is 9.97 Å². The zero-order chi connectivity index (χ0) is 14.1. The van der Waals surface area contributed by atoms with Crippen LogP contribution in [0.5, 0.6) is 0 Å². The summed E-state index contributed by atoms with van der Waals surface area (Å²) in [5.74, 6) is 0.634. The van der Waals surface area contributed by atoms with Gasteiger partial charge in [-0.05, 0) is 12.5 Å². The van der Waals surface area contributed by atoms with Gasteiger partial charge in [-0.15, -0.1) is 0 Å². The molecule has 5 heteroatoms. The van der Waals surface area contributed by atoms with Crippen molar-refractivity contribution in [2.75, 3.05) is 0 Å². The smallest absolute Gasteiger partial charge is 0.161 e. The molecule has 0 atom stereocenters. The van der Waals surface area contributed by atoms with Crippen molar-refractivity contribution in [3.63, 3.8) is 0 Å². The SMILES string of the molecule is Cc1ccccc1-c1nc(Cl)cc(-c2cnn(C)c2)n1. The van der Waals surface area contributed by atoms with Gasteiger partial charge in [0.25, 0.3) is 0 Å². The van der Waals surface area contributed by atoms with E-state index in [0.717, 1.165) is 22.4 Å². The molecule has 0 spiro atoms. The summed E-state index contributed by atoms with van der Waals surface area (Å²) in [4.78, 5) is 8.92. The number of benzene rings is 1. The van der Waals surface area contributed by atoms with Crippen molar-refractivity contribution < 1.29 is 0 Å². The van der Waals surface area contributed by atoms with E-state index in [1.165, 1.54) is 0 Å². The molecule has 3 aromatic rings.